The van der Waals surface area contributed by atoms with Crippen LogP contribution in [0.4, 0.5) is 0 Å². The number of guanidine groups is 1. The van der Waals surface area contributed by atoms with Crippen LogP contribution in [0.5, 0.6) is 5.75 Å². The third-order valence-electron chi connectivity index (χ3n) is 4.91. The van der Waals surface area contributed by atoms with Gasteiger partial charge in [0.15, 0.2) is 12.6 Å². The Morgan fingerprint density at radius 2 is 2.21 bits per heavy atom. The quantitative estimate of drug-likeness (QED) is 0.436. The Labute approximate surface area is 172 Å². The fourth-order valence-electron chi connectivity index (χ4n) is 3.14. The van der Waals surface area contributed by atoms with Crippen molar-refractivity contribution in [3.05, 3.63) is 29.8 Å². The van der Waals surface area contributed by atoms with E-state index in [1.165, 1.54) is 18.6 Å². The van der Waals surface area contributed by atoms with Gasteiger partial charge in [-0.25, -0.2) is 4.99 Å². The summed E-state index contributed by atoms with van der Waals surface area (Å²) in [6.45, 7) is 6.76. The number of amides is 1. The number of carbonyl (C=O) groups is 1. The molecule has 1 saturated carbocycles. The zero-order chi connectivity index (χ0) is 19.8. The molecule has 1 atom stereocenters. The molecule has 1 saturated heterocycles. The molecule has 1 aliphatic carbocycles. The zero-order valence-electron chi connectivity index (χ0n) is 16.9. The van der Waals surface area contributed by atoms with Crippen molar-refractivity contribution in [1.29, 1.82) is 0 Å². The van der Waals surface area contributed by atoms with Crippen LogP contribution in [0.3, 0.4) is 0 Å². The molecule has 7 heteroatoms. The minimum absolute atomic E-state index is 0.0529. The lowest BCUT2D eigenvalue weighted by Gasteiger charge is -2.24. The lowest BCUT2D eigenvalue weighted by Crippen LogP contribution is -2.43. The molecule has 1 amide bonds. The third-order valence-corrected chi connectivity index (χ3v) is 6.44. The Morgan fingerprint density at radius 1 is 1.36 bits per heavy atom. The SMILES string of the molecule is CCNC(=NCc1cccc(OCC(=O)NC2CC2)c1)NCC1(C)CCCS1. The summed E-state index contributed by atoms with van der Waals surface area (Å²) >= 11 is 2.04. The van der Waals surface area contributed by atoms with Crippen molar-refractivity contribution in [1.82, 2.24) is 16.0 Å². The number of nitrogens with zero attached hydrogens (tertiary/aromatic N) is 1. The first kappa shape index (κ1) is 20.8. The first-order valence-electron chi connectivity index (χ1n) is 10.2. The van der Waals surface area contributed by atoms with Crippen molar-refractivity contribution in [3.8, 4) is 5.75 Å². The molecule has 2 aliphatic rings. The second-order valence-electron chi connectivity index (χ2n) is 7.73. The molecule has 0 aromatic heterocycles. The van der Waals surface area contributed by atoms with E-state index < -0.39 is 0 Å². The molecule has 1 aromatic carbocycles. The van der Waals surface area contributed by atoms with Crippen LogP contribution in [0.15, 0.2) is 29.3 Å². The van der Waals surface area contributed by atoms with E-state index in [9.17, 15) is 4.79 Å². The van der Waals surface area contributed by atoms with Gasteiger partial charge in [-0.05, 0) is 63.0 Å². The Kier molecular flexibility index (Phi) is 7.48. The summed E-state index contributed by atoms with van der Waals surface area (Å²) in [4.78, 5) is 16.5. The molecule has 1 aromatic rings. The van der Waals surface area contributed by atoms with Crippen molar-refractivity contribution in [2.75, 3.05) is 25.4 Å². The summed E-state index contributed by atoms with van der Waals surface area (Å²) in [7, 11) is 0. The molecule has 1 heterocycles. The van der Waals surface area contributed by atoms with Gasteiger partial charge in [0.05, 0.1) is 6.54 Å². The lowest BCUT2D eigenvalue weighted by atomic mass is 10.1. The maximum Gasteiger partial charge on any atom is 0.258 e. The van der Waals surface area contributed by atoms with Crippen LogP contribution in [0.25, 0.3) is 0 Å². The molecule has 3 rings (SSSR count). The number of aliphatic imine (C=N–C) groups is 1. The van der Waals surface area contributed by atoms with Crippen molar-refractivity contribution in [3.63, 3.8) is 0 Å². The second kappa shape index (κ2) is 10.0. The van der Waals surface area contributed by atoms with E-state index in [1.54, 1.807) is 0 Å². The number of rotatable bonds is 9. The predicted molar refractivity (Wildman–Crippen MR) is 116 cm³/mol. The number of ether oxygens (including phenoxy) is 1. The van der Waals surface area contributed by atoms with Crippen molar-refractivity contribution in [2.24, 2.45) is 4.99 Å². The van der Waals surface area contributed by atoms with Gasteiger partial charge in [0.2, 0.25) is 0 Å². The highest BCUT2D eigenvalue weighted by Gasteiger charge is 2.29. The summed E-state index contributed by atoms with van der Waals surface area (Å²) in [6, 6.07) is 8.15. The molecule has 154 valence electrons. The Bertz CT molecular complexity index is 685. The van der Waals surface area contributed by atoms with Crippen LogP contribution >= 0.6 is 11.8 Å². The summed E-state index contributed by atoms with van der Waals surface area (Å²) < 4.78 is 5.92. The molecular formula is C21H32N4O2S. The van der Waals surface area contributed by atoms with Crippen LogP contribution in [0.1, 0.15) is 45.1 Å². The maximum atomic E-state index is 11.8. The number of benzene rings is 1. The molecular weight excluding hydrogens is 372 g/mol. The fraction of sp³-hybridized carbons (Fsp3) is 0.619. The number of thioether (sulfide) groups is 1. The average molecular weight is 405 g/mol. The first-order chi connectivity index (χ1) is 13.6. The topological polar surface area (TPSA) is 74.8 Å². The third kappa shape index (κ3) is 6.93. The fourth-order valence-corrected chi connectivity index (χ4v) is 4.38. The van der Waals surface area contributed by atoms with Crippen molar-refractivity contribution < 1.29 is 9.53 Å². The Morgan fingerprint density at radius 3 is 2.93 bits per heavy atom. The van der Waals surface area contributed by atoms with E-state index in [0.29, 0.717) is 23.1 Å². The van der Waals surface area contributed by atoms with Gasteiger partial charge in [0.1, 0.15) is 5.75 Å². The molecule has 0 spiro atoms. The lowest BCUT2D eigenvalue weighted by molar-refractivity contribution is -0.123. The smallest absolute Gasteiger partial charge is 0.258 e. The van der Waals surface area contributed by atoms with Crippen LogP contribution in [0.2, 0.25) is 0 Å². The van der Waals surface area contributed by atoms with E-state index in [1.807, 2.05) is 36.0 Å². The van der Waals surface area contributed by atoms with Gasteiger partial charge in [-0.1, -0.05) is 12.1 Å². The largest absolute Gasteiger partial charge is 0.484 e. The predicted octanol–water partition coefficient (Wildman–Crippen LogP) is 2.68. The van der Waals surface area contributed by atoms with Crippen LogP contribution < -0.4 is 20.7 Å². The standard InChI is InChI=1S/C21H32N4O2S/c1-3-22-20(24-15-21(2)10-5-11-28-21)23-13-16-6-4-7-18(12-16)27-14-19(26)25-17-8-9-17/h4,6-7,12,17H,3,5,8-11,13-15H2,1-2H3,(H,25,26)(H2,22,23,24). The van der Waals surface area contributed by atoms with E-state index in [-0.39, 0.29) is 12.5 Å². The minimum atomic E-state index is -0.0529. The van der Waals surface area contributed by atoms with Gasteiger partial charge in [-0.2, -0.15) is 11.8 Å². The first-order valence-corrected chi connectivity index (χ1v) is 11.2. The summed E-state index contributed by atoms with van der Waals surface area (Å²) in [5.41, 5.74) is 1.05. The summed E-state index contributed by atoms with van der Waals surface area (Å²) in [5.74, 6) is 2.73. The van der Waals surface area contributed by atoms with Crippen molar-refractivity contribution in [2.45, 2.75) is 56.9 Å². The number of hydrogen-bond donors (Lipinski definition) is 3. The zero-order valence-corrected chi connectivity index (χ0v) is 17.7. The molecule has 28 heavy (non-hydrogen) atoms. The highest BCUT2D eigenvalue weighted by atomic mass is 32.2. The number of hydrogen-bond acceptors (Lipinski definition) is 4. The molecule has 1 aliphatic heterocycles. The highest BCUT2D eigenvalue weighted by molar-refractivity contribution is 8.00. The maximum absolute atomic E-state index is 11.8. The van der Waals surface area contributed by atoms with E-state index in [4.69, 9.17) is 9.73 Å². The van der Waals surface area contributed by atoms with Crippen LogP contribution in [-0.4, -0.2) is 48.1 Å². The van der Waals surface area contributed by atoms with Gasteiger partial charge in [-0.3, -0.25) is 4.79 Å². The Balaban J connectivity index is 1.50. The van der Waals surface area contributed by atoms with Crippen LogP contribution in [0, 0.1) is 0 Å². The number of nitrogens with one attached hydrogen (secondary N) is 3. The number of carbonyl (C=O) groups excluding carboxylic acids is 1. The molecule has 0 bridgehead atoms. The van der Waals surface area contributed by atoms with Crippen molar-refractivity contribution >= 4 is 23.6 Å². The summed E-state index contributed by atoms with van der Waals surface area (Å²) in [6.07, 6.45) is 4.71. The van der Waals surface area contributed by atoms with E-state index >= 15 is 0 Å². The second-order valence-corrected chi connectivity index (χ2v) is 9.41. The van der Waals surface area contributed by atoms with Gasteiger partial charge >= 0.3 is 0 Å². The average Bonchev–Trinajstić information content (AvgIpc) is 3.40. The minimum Gasteiger partial charge on any atom is -0.484 e. The molecule has 0 radical (unpaired) electrons. The van der Waals surface area contributed by atoms with Gasteiger partial charge < -0.3 is 20.7 Å². The summed E-state index contributed by atoms with van der Waals surface area (Å²) in [5, 5.41) is 9.73. The molecule has 1 unspecified atom stereocenters. The van der Waals surface area contributed by atoms with E-state index in [2.05, 4.69) is 29.8 Å². The normalized spacial score (nSPS) is 22.0. The Hall–Kier alpha value is -1.89. The highest BCUT2D eigenvalue weighted by Crippen LogP contribution is 2.36. The monoisotopic (exact) mass is 404 g/mol. The molecule has 2 fully saturated rings. The van der Waals surface area contributed by atoms with Gasteiger partial charge in [0.25, 0.3) is 5.91 Å². The molecule has 6 nitrogen and oxygen atoms in total. The van der Waals surface area contributed by atoms with Crippen LogP contribution in [-0.2, 0) is 11.3 Å². The molecule has 3 N–H and O–H groups in total. The van der Waals surface area contributed by atoms with E-state index in [0.717, 1.165) is 37.5 Å². The van der Waals surface area contributed by atoms with Gasteiger partial charge in [-0.15, -0.1) is 0 Å². The van der Waals surface area contributed by atoms with Gasteiger partial charge in [0, 0.05) is 23.9 Å².